The van der Waals surface area contributed by atoms with Crippen molar-refractivity contribution in [2.75, 3.05) is 0 Å². The number of rotatable bonds is 4. The van der Waals surface area contributed by atoms with E-state index < -0.39 is 0 Å². The molecule has 0 radical (unpaired) electrons. The van der Waals surface area contributed by atoms with E-state index in [4.69, 9.17) is 9.15 Å². The Morgan fingerprint density at radius 3 is 2.86 bits per heavy atom. The van der Waals surface area contributed by atoms with E-state index in [0.29, 0.717) is 11.8 Å². The van der Waals surface area contributed by atoms with Gasteiger partial charge in [-0.3, -0.25) is 4.79 Å². The third-order valence-electron chi connectivity index (χ3n) is 3.43. The number of ether oxygens (including phenoxy) is 1. The van der Waals surface area contributed by atoms with Crippen LogP contribution in [0.2, 0.25) is 0 Å². The number of allylic oxidation sites excluding steroid dienone is 2. The Balaban J connectivity index is 1.58. The van der Waals surface area contributed by atoms with E-state index in [1.54, 1.807) is 0 Å². The SMILES string of the molecule is O=C(OCc1nnc(-c2ccccc2)o1)C1CC=CCC1. The highest BCUT2D eigenvalue weighted by Gasteiger charge is 2.21. The van der Waals surface area contributed by atoms with Crippen molar-refractivity contribution < 1.29 is 13.9 Å². The van der Waals surface area contributed by atoms with Gasteiger partial charge in [0.2, 0.25) is 5.89 Å². The van der Waals surface area contributed by atoms with Crippen molar-refractivity contribution in [1.82, 2.24) is 10.2 Å². The first-order valence-corrected chi connectivity index (χ1v) is 7.02. The second-order valence-corrected chi connectivity index (χ2v) is 4.96. The molecular weight excluding hydrogens is 268 g/mol. The van der Waals surface area contributed by atoms with E-state index in [0.717, 1.165) is 24.8 Å². The maximum atomic E-state index is 11.9. The van der Waals surface area contributed by atoms with Crippen LogP contribution in [-0.2, 0) is 16.1 Å². The van der Waals surface area contributed by atoms with Gasteiger partial charge in [0.25, 0.3) is 5.89 Å². The first-order chi connectivity index (χ1) is 10.3. The molecule has 5 nitrogen and oxygen atoms in total. The van der Waals surface area contributed by atoms with Crippen LogP contribution in [0.1, 0.15) is 25.2 Å². The minimum absolute atomic E-state index is 0.0267. The summed E-state index contributed by atoms with van der Waals surface area (Å²) in [6, 6.07) is 9.49. The number of benzene rings is 1. The third-order valence-corrected chi connectivity index (χ3v) is 3.43. The molecule has 0 amide bonds. The summed E-state index contributed by atoms with van der Waals surface area (Å²) in [5, 5.41) is 7.86. The van der Waals surface area contributed by atoms with E-state index in [1.165, 1.54) is 0 Å². The molecule has 0 aliphatic heterocycles. The van der Waals surface area contributed by atoms with E-state index >= 15 is 0 Å². The normalized spacial score (nSPS) is 17.6. The highest BCUT2D eigenvalue weighted by Crippen LogP contribution is 2.21. The van der Waals surface area contributed by atoms with Gasteiger partial charge in [-0.25, -0.2) is 0 Å². The first-order valence-electron chi connectivity index (χ1n) is 7.02. The summed E-state index contributed by atoms with van der Waals surface area (Å²) in [6.45, 7) is 0.0267. The molecule has 0 bridgehead atoms. The largest absolute Gasteiger partial charge is 0.455 e. The van der Waals surface area contributed by atoms with E-state index in [9.17, 15) is 4.79 Å². The maximum Gasteiger partial charge on any atom is 0.309 e. The van der Waals surface area contributed by atoms with Crippen LogP contribution in [0, 0.1) is 5.92 Å². The average Bonchev–Trinajstić information content (AvgIpc) is 3.03. The zero-order chi connectivity index (χ0) is 14.5. The molecule has 1 aliphatic rings. The lowest BCUT2D eigenvalue weighted by Crippen LogP contribution is -2.18. The van der Waals surface area contributed by atoms with Crippen molar-refractivity contribution in [3.05, 3.63) is 48.4 Å². The fraction of sp³-hybridized carbons (Fsp3) is 0.312. The topological polar surface area (TPSA) is 65.2 Å². The van der Waals surface area contributed by atoms with Crippen molar-refractivity contribution in [1.29, 1.82) is 0 Å². The highest BCUT2D eigenvalue weighted by molar-refractivity contribution is 5.72. The van der Waals surface area contributed by atoms with Gasteiger partial charge in [-0.15, -0.1) is 10.2 Å². The summed E-state index contributed by atoms with van der Waals surface area (Å²) in [4.78, 5) is 11.9. The van der Waals surface area contributed by atoms with E-state index in [1.807, 2.05) is 36.4 Å². The molecule has 1 aromatic heterocycles. The molecule has 0 fully saturated rings. The maximum absolute atomic E-state index is 11.9. The summed E-state index contributed by atoms with van der Waals surface area (Å²) in [7, 11) is 0. The Morgan fingerprint density at radius 1 is 1.24 bits per heavy atom. The van der Waals surface area contributed by atoms with Gasteiger partial charge >= 0.3 is 5.97 Å². The van der Waals surface area contributed by atoms with Crippen LogP contribution < -0.4 is 0 Å². The van der Waals surface area contributed by atoms with Gasteiger partial charge in [0, 0.05) is 5.56 Å². The van der Waals surface area contributed by atoms with Crippen molar-refractivity contribution in [3.63, 3.8) is 0 Å². The predicted octanol–water partition coefficient (Wildman–Crippen LogP) is 3.14. The van der Waals surface area contributed by atoms with Gasteiger partial charge in [-0.2, -0.15) is 0 Å². The van der Waals surface area contributed by atoms with Crippen LogP contribution in [0.15, 0.2) is 46.9 Å². The van der Waals surface area contributed by atoms with Gasteiger partial charge in [-0.1, -0.05) is 30.4 Å². The molecule has 0 N–H and O–H groups in total. The minimum Gasteiger partial charge on any atom is -0.455 e. The van der Waals surface area contributed by atoms with Crippen molar-refractivity contribution in [2.24, 2.45) is 5.92 Å². The summed E-state index contributed by atoms with van der Waals surface area (Å²) in [6.07, 6.45) is 6.63. The Kier molecular flexibility index (Phi) is 4.09. The van der Waals surface area contributed by atoms with Crippen molar-refractivity contribution in [3.8, 4) is 11.5 Å². The number of esters is 1. The number of carbonyl (C=O) groups is 1. The third kappa shape index (κ3) is 3.37. The first kappa shape index (κ1) is 13.5. The molecule has 0 saturated heterocycles. The van der Waals surface area contributed by atoms with Crippen LogP contribution in [0.4, 0.5) is 0 Å². The highest BCUT2D eigenvalue weighted by atomic mass is 16.5. The monoisotopic (exact) mass is 284 g/mol. The Labute approximate surface area is 122 Å². The van der Waals surface area contributed by atoms with Crippen LogP contribution in [0.5, 0.6) is 0 Å². The molecule has 108 valence electrons. The zero-order valence-corrected chi connectivity index (χ0v) is 11.6. The van der Waals surface area contributed by atoms with Gasteiger partial charge in [0.1, 0.15) is 0 Å². The lowest BCUT2D eigenvalue weighted by molar-refractivity contribution is -0.150. The Hall–Kier alpha value is -2.43. The van der Waals surface area contributed by atoms with E-state index in [2.05, 4.69) is 16.3 Å². The van der Waals surface area contributed by atoms with Crippen molar-refractivity contribution >= 4 is 5.97 Å². The Morgan fingerprint density at radius 2 is 2.10 bits per heavy atom. The van der Waals surface area contributed by atoms with Gasteiger partial charge in [-0.05, 0) is 31.4 Å². The van der Waals surface area contributed by atoms with Crippen LogP contribution in [0.25, 0.3) is 11.5 Å². The standard InChI is InChI=1S/C16H16N2O3/c19-16(13-9-5-2-6-10-13)20-11-14-17-18-15(21-14)12-7-3-1-4-8-12/h1-5,7-8,13H,6,9-11H2. The molecule has 1 atom stereocenters. The second-order valence-electron chi connectivity index (χ2n) is 4.96. The number of nitrogens with zero attached hydrogens (tertiary/aromatic N) is 2. The quantitative estimate of drug-likeness (QED) is 0.637. The molecule has 2 aromatic rings. The molecule has 21 heavy (non-hydrogen) atoms. The summed E-state index contributed by atoms with van der Waals surface area (Å²) in [5.41, 5.74) is 0.847. The van der Waals surface area contributed by atoms with Crippen LogP contribution >= 0.6 is 0 Å². The lowest BCUT2D eigenvalue weighted by atomic mass is 9.95. The summed E-state index contributed by atoms with van der Waals surface area (Å²) < 4.78 is 10.7. The molecule has 1 aliphatic carbocycles. The van der Waals surface area contributed by atoms with E-state index in [-0.39, 0.29) is 18.5 Å². The fourth-order valence-corrected chi connectivity index (χ4v) is 2.27. The second kappa shape index (κ2) is 6.35. The summed E-state index contributed by atoms with van der Waals surface area (Å²) in [5.74, 6) is 0.501. The number of hydrogen-bond acceptors (Lipinski definition) is 5. The smallest absolute Gasteiger partial charge is 0.309 e. The average molecular weight is 284 g/mol. The summed E-state index contributed by atoms with van der Waals surface area (Å²) >= 11 is 0. The number of carbonyl (C=O) groups excluding carboxylic acids is 1. The predicted molar refractivity (Wildman–Crippen MR) is 76.0 cm³/mol. The van der Waals surface area contributed by atoms with Crippen LogP contribution in [0.3, 0.4) is 0 Å². The molecule has 1 heterocycles. The van der Waals surface area contributed by atoms with Crippen molar-refractivity contribution in [2.45, 2.75) is 25.9 Å². The number of hydrogen-bond donors (Lipinski definition) is 0. The molecular formula is C16H16N2O3. The fourth-order valence-electron chi connectivity index (χ4n) is 2.27. The van der Waals surface area contributed by atoms with Crippen LogP contribution in [-0.4, -0.2) is 16.2 Å². The van der Waals surface area contributed by atoms with Gasteiger partial charge < -0.3 is 9.15 Å². The van der Waals surface area contributed by atoms with Gasteiger partial charge in [0.15, 0.2) is 6.61 Å². The molecule has 0 saturated carbocycles. The molecule has 1 aromatic carbocycles. The molecule has 0 spiro atoms. The lowest BCUT2D eigenvalue weighted by Gasteiger charge is -2.15. The molecule has 5 heteroatoms. The molecule has 3 rings (SSSR count). The number of aromatic nitrogens is 2. The molecule has 1 unspecified atom stereocenters. The Bertz CT molecular complexity index is 634. The minimum atomic E-state index is -0.196. The zero-order valence-electron chi connectivity index (χ0n) is 11.6. The van der Waals surface area contributed by atoms with Gasteiger partial charge in [0.05, 0.1) is 5.92 Å².